The number of benzene rings is 1. The Bertz CT molecular complexity index is 504. The third-order valence-electron chi connectivity index (χ3n) is 4.15. The lowest BCUT2D eigenvalue weighted by Gasteiger charge is -2.24. The fourth-order valence-corrected chi connectivity index (χ4v) is 3.29. The number of hydrogen-bond donors (Lipinski definition) is 0. The van der Waals surface area contributed by atoms with Gasteiger partial charge in [-0.15, -0.1) is 0 Å². The Balaban J connectivity index is 2.07. The topological polar surface area (TPSA) is 17.1 Å². The molecular weight excluding hydrogens is 241 g/mol. The van der Waals surface area contributed by atoms with Crippen molar-refractivity contribution >= 4 is 5.78 Å². The van der Waals surface area contributed by atoms with Crippen LogP contribution in [0.2, 0.25) is 0 Å². The summed E-state index contributed by atoms with van der Waals surface area (Å²) in [6.45, 7) is 0. The van der Waals surface area contributed by atoms with E-state index in [0.717, 1.165) is 31.7 Å². The number of fused-ring (bicyclic) bond motifs is 3. The van der Waals surface area contributed by atoms with E-state index < -0.39 is 11.7 Å². The fourth-order valence-electron chi connectivity index (χ4n) is 3.29. The number of halogens is 3. The average molecular weight is 254 g/mol. The predicted octanol–water partition coefficient (Wildman–Crippen LogP) is 4.18. The summed E-state index contributed by atoms with van der Waals surface area (Å²) in [4.78, 5) is 12.1. The van der Waals surface area contributed by atoms with E-state index in [1.54, 1.807) is 0 Å². The second kappa shape index (κ2) is 3.84. The van der Waals surface area contributed by atoms with Crippen molar-refractivity contribution in [3.63, 3.8) is 0 Å². The summed E-state index contributed by atoms with van der Waals surface area (Å²) in [6, 6.07) is 3.57. The summed E-state index contributed by atoms with van der Waals surface area (Å²) in [6.07, 6.45) is -0.660. The SMILES string of the molecule is O=C1c2ccc(C(F)(F)F)cc2C2CCCCC12. The minimum atomic E-state index is -4.33. The Labute approximate surface area is 103 Å². The lowest BCUT2D eigenvalue weighted by molar-refractivity contribution is -0.137. The molecule has 0 bridgehead atoms. The van der Waals surface area contributed by atoms with Crippen LogP contribution in [0.1, 0.15) is 53.1 Å². The first kappa shape index (κ1) is 11.8. The number of hydrogen-bond acceptors (Lipinski definition) is 1. The van der Waals surface area contributed by atoms with E-state index in [4.69, 9.17) is 0 Å². The van der Waals surface area contributed by atoms with Crippen LogP contribution in [-0.2, 0) is 6.18 Å². The first-order valence-corrected chi connectivity index (χ1v) is 6.24. The molecule has 1 fully saturated rings. The largest absolute Gasteiger partial charge is 0.416 e. The third kappa shape index (κ3) is 1.66. The minimum absolute atomic E-state index is 0.0172. The molecule has 0 spiro atoms. The zero-order valence-corrected chi connectivity index (χ0v) is 9.76. The van der Waals surface area contributed by atoms with Crippen molar-refractivity contribution in [1.29, 1.82) is 0 Å². The summed E-state index contributed by atoms with van der Waals surface area (Å²) in [5.41, 5.74) is 0.500. The smallest absolute Gasteiger partial charge is 0.294 e. The number of Topliss-reactive ketones (excluding diaryl/α,β-unsaturated/α-hetero) is 1. The number of ketones is 1. The van der Waals surface area contributed by atoms with Crippen LogP contribution in [0.25, 0.3) is 0 Å². The van der Waals surface area contributed by atoms with Crippen LogP contribution < -0.4 is 0 Å². The van der Waals surface area contributed by atoms with E-state index in [1.165, 1.54) is 12.1 Å². The Morgan fingerprint density at radius 1 is 1.06 bits per heavy atom. The quantitative estimate of drug-likeness (QED) is 0.679. The van der Waals surface area contributed by atoms with Crippen LogP contribution in [-0.4, -0.2) is 5.78 Å². The van der Waals surface area contributed by atoms with Gasteiger partial charge in [-0.2, -0.15) is 13.2 Å². The number of alkyl halides is 3. The molecule has 2 aliphatic rings. The van der Waals surface area contributed by atoms with Gasteiger partial charge in [-0.1, -0.05) is 18.9 Å². The van der Waals surface area contributed by atoms with Crippen molar-refractivity contribution < 1.29 is 18.0 Å². The van der Waals surface area contributed by atoms with E-state index in [-0.39, 0.29) is 17.6 Å². The number of rotatable bonds is 0. The molecule has 2 atom stereocenters. The van der Waals surface area contributed by atoms with Crippen LogP contribution >= 0.6 is 0 Å². The lowest BCUT2D eigenvalue weighted by Crippen LogP contribution is -2.17. The maximum Gasteiger partial charge on any atom is 0.416 e. The van der Waals surface area contributed by atoms with Crippen LogP contribution in [0.5, 0.6) is 0 Å². The van der Waals surface area contributed by atoms with Gasteiger partial charge in [-0.25, -0.2) is 0 Å². The normalized spacial score (nSPS) is 26.9. The Morgan fingerprint density at radius 2 is 1.72 bits per heavy atom. The van der Waals surface area contributed by atoms with Crippen LogP contribution in [0.3, 0.4) is 0 Å². The molecule has 0 saturated heterocycles. The van der Waals surface area contributed by atoms with Gasteiger partial charge in [0.1, 0.15) is 0 Å². The average Bonchev–Trinajstić information content (AvgIpc) is 2.63. The van der Waals surface area contributed by atoms with Gasteiger partial charge in [0.25, 0.3) is 0 Å². The minimum Gasteiger partial charge on any atom is -0.294 e. The Hall–Kier alpha value is -1.32. The second-order valence-electron chi connectivity index (χ2n) is 5.16. The molecule has 1 saturated carbocycles. The summed E-state index contributed by atoms with van der Waals surface area (Å²) >= 11 is 0. The molecule has 1 aromatic carbocycles. The van der Waals surface area contributed by atoms with E-state index in [9.17, 15) is 18.0 Å². The highest BCUT2D eigenvalue weighted by atomic mass is 19.4. The van der Waals surface area contributed by atoms with Gasteiger partial charge in [0.15, 0.2) is 5.78 Å². The van der Waals surface area contributed by atoms with Crippen molar-refractivity contribution in [1.82, 2.24) is 0 Å². The molecule has 1 aromatic rings. The molecule has 0 amide bonds. The predicted molar refractivity (Wildman–Crippen MR) is 60.5 cm³/mol. The molecule has 1 nitrogen and oxygen atoms in total. The lowest BCUT2D eigenvalue weighted by atomic mass is 9.79. The number of carbonyl (C=O) groups excluding carboxylic acids is 1. The van der Waals surface area contributed by atoms with E-state index in [0.29, 0.717) is 11.1 Å². The molecule has 18 heavy (non-hydrogen) atoms. The first-order chi connectivity index (χ1) is 8.48. The third-order valence-corrected chi connectivity index (χ3v) is 4.15. The summed E-state index contributed by atoms with van der Waals surface area (Å²) < 4.78 is 38.1. The maximum atomic E-state index is 12.7. The molecule has 96 valence electrons. The molecule has 0 N–H and O–H groups in total. The Morgan fingerprint density at radius 3 is 2.39 bits per heavy atom. The first-order valence-electron chi connectivity index (χ1n) is 6.24. The van der Waals surface area contributed by atoms with Gasteiger partial charge in [0, 0.05) is 11.5 Å². The van der Waals surface area contributed by atoms with Gasteiger partial charge >= 0.3 is 6.18 Å². The monoisotopic (exact) mass is 254 g/mol. The number of carbonyl (C=O) groups is 1. The summed E-state index contributed by atoms with van der Waals surface area (Å²) in [7, 11) is 0. The fraction of sp³-hybridized carbons (Fsp3) is 0.500. The molecule has 0 heterocycles. The van der Waals surface area contributed by atoms with Crippen molar-refractivity contribution in [3.05, 3.63) is 34.9 Å². The summed E-state index contributed by atoms with van der Waals surface area (Å²) in [5.74, 6) is -0.00999. The van der Waals surface area contributed by atoms with Crippen LogP contribution in [0.4, 0.5) is 13.2 Å². The highest BCUT2D eigenvalue weighted by Gasteiger charge is 2.42. The highest BCUT2D eigenvalue weighted by molar-refractivity contribution is 6.03. The maximum absolute atomic E-state index is 12.7. The van der Waals surface area contributed by atoms with Crippen molar-refractivity contribution in [2.24, 2.45) is 5.92 Å². The van der Waals surface area contributed by atoms with Crippen LogP contribution in [0.15, 0.2) is 18.2 Å². The molecule has 0 aromatic heterocycles. The van der Waals surface area contributed by atoms with Gasteiger partial charge in [0.05, 0.1) is 5.56 Å². The van der Waals surface area contributed by atoms with Gasteiger partial charge in [-0.3, -0.25) is 4.79 Å². The molecule has 0 radical (unpaired) electrons. The van der Waals surface area contributed by atoms with Crippen LogP contribution in [0, 0.1) is 5.92 Å². The highest BCUT2D eigenvalue weighted by Crippen LogP contribution is 2.47. The van der Waals surface area contributed by atoms with Gasteiger partial charge in [0.2, 0.25) is 0 Å². The van der Waals surface area contributed by atoms with Crippen molar-refractivity contribution in [3.8, 4) is 0 Å². The Kier molecular flexibility index (Phi) is 2.50. The molecule has 3 rings (SSSR count). The van der Waals surface area contributed by atoms with E-state index in [1.807, 2.05) is 0 Å². The molecular formula is C14H13F3O. The molecule has 0 aliphatic heterocycles. The summed E-state index contributed by atoms with van der Waals surface area (Å²) in [5, 5.41) is 0. The van der Waals surface area contributed by atoms with Crippen molar-refractivity contribution in [2.45, 2.75) is 37.8 Å². The zero-order valence-electron chi connectivity index (χ0n) is 9.76. The molecule has 2 unspecified atom stereocenters. The zero-order chi connectivity index (χ0) is 12.9. The standard InChI is InChI=1S/C14H13F3O/c15-14(16,17)8-5-6-11-12(7-8)9-3-1-2-4-10(9)13(11)18/h5-7,9-10H,1-4H2. The molecule has 2 aliphatic carbocycles. The van der Waals surface area contributed by atoms with E-state index in [2.05, 4.69) is 0 Å². The van der Waals surface area contributed by atoms with Crippen molar-refractivity contribution in [2.75, 3.05) is 0 Å². The second-order valence-corrected chi connectivity index (χ2v) is 5.16. The van der Waals surface area contributed by atoms with Gasteiger partial charge < -0.3 is 0 Å². The van der Waals surface area contributed by atoms with Gasteiger partial charge in [-0.05, 0) is 36.5 Å². The van der Waals surface area contributed by atoms with E-state index >= 15 is 0 Å². The molecule has 4 heteroatoms.